The van der Waals surface area contributed by atoms with Crippen molar-refractivity contribution < 1.29 is 4.74 Å². The van der Waals surface area contributed by atoms with Crippen molar-refractivity contribution in [1.29, 1.82) is 0 Å². The van der Waals surface area contributed by atoms with Crippen molar-refractivity contribution in [3.63, 3.8) is 0 Å². The van der Waals surface area contributed by atoms with Gasteiger partial charge in [0.05, 0.1) is 18.4 Å². The molecule has 4 rings (SSSR count). The number of nitrogens with one attached hydrogen (secondary N) is 1. The highest BCUT2D eigenvalue weighted by molar-refractivity contribution is 5.39. The number of hydrogen-bond acceptors (Lipinski definition) is 4. The topological polar surface area (TPSA) is 47.0 Å². The molecule has 1 N–H and O–H groups in total. The van der Waals surface area contributed by atoms with E-state index in [9.17, 15) is 0 Å². The molecule has 1 saturated carbocycles. The molecule has 2 aliphatic heterocycles. The van der Waals surface area contributed by atoms with Crippen molar-refractivity contribution in [2.45, 2.75) is 50.1 Å². The minimum atomic E-state index is 0.423. The molecule has 2 atom stereocenters. The zero-order chi connectivity index (χ0) is 11.4. The van der Waals surface area contributed by atoms with Crippen molar-refractivity contribution in [2.24, 2.45) is 0 Å². The van der Waals surface area contributed by atoms with Gasteiger partial charge in [0.15, 0.2) is 0 Å². The molecular formula is C13H17N3O. The number of methoxy groups -OCH3 is 1. The van der Waals surface area contributed by atoms with Crippen LogP contribution in [0.3, 0.4) is 0 Å². The number of hydrogen-bond donors (Lipinski definition) is 1. The molecule has 90 valence electrons. The van der Waals surface area contributed by atoms with Gasteiger partial charge in [0.25, 0.3) is 0 Å². The third-order valence-corrected chi connectivity index (χ3v) is 4.17. The van der Waals surface area contributed by atoms with Crippen molar-refractivity contribution in [1.82, 2.24) is 15.3 Å². The Balaban J connectivity index is 1.85. The van der Waals surface area contributed by atoms with E-state index in [-0.39, 0.29) is 0 Å². The van der Waals surface area contributed by atoms with Crippen LogP contribution in [0.2, 0.25) is 0 Å². The van der Waals surface area contributed by atoms with E-state index in [2.05, 4.69) is 10.3 Å². The standard InChI is InChI=1S/C13H17N3O/c1-17-13-11-9-5-4-8(14-9)6-10(11)15-12(16-13)7-2-3-7/h7-9,14H,2-6H2,1H3. The summed E-state index contributed by atoms with van der Waals surface area (Å²) in [7, 11) is 1.72. The first-order valence-electron chi connectivity index (χ1n) is 6.56. The van der Waals surface area contributed by atoms with Crippen LogP contribution in [-0.4, -0.2) is 23.1 Å². The molecule has 1 aromatic rings. The molecule has 3 heterocycles. The van der Waals surface area contributed by atoms with Gasteiger partial charge >= 0.3 is 0 Å². The number of aromatic nitrogens is 2. The Hall–Kier alpha value is -1.16. The molecule has 1 aliphatic carbocycles. The van der Waals surface area contributed by atoms with Gasteiger partial charge in [0.1, 0.15) is 5.82 Å². The predicted octanol–water partition coefficient (Wildman–Crippen LogP) is 1.71. The molecule has 2 bridgehead atoms. The third-order valence-electron chi connectivity index (χ3n) is 4.17. The summed E-state index contributed by atoms with van der Waals surface area (Å²) in [5.74, 6) is 2.43. The van der Waals surface area contributed by atoms with Gasteiger partial charge in [-0.25, -0.2) is 4.98 Å². The molecule has 1 saturated heterocycles. The van der Waals surface area contributed by atoms with Gasteiger partial charge in [0, 0.05) is 24.4 Å². The second kappa shape index (κ2) is 3.42. The summed E-state index contributed by atoms with van der Waals surface area (Å²) in [5.41, 5.74) is 2.47. The third kappa shape index (κ3) is 1.47. The van der Waals surface area contributed by atoms with Crippen LogP contribution in [0.5, 0.6) is 5.88 Å². The fourth-order valence-corrected chi connectivity index (χ4v) is 3.14. The summed E-state index contributed by atoms with van der Waals surface area (Å²) in [5, 5.41) is 3.63. The summed E-state index contributed by atoms with van der Waals surface area (Å²) in [6.45, 7) is 0. The molecule has 1 aromatic heterocycles. The zero-order valence-electron chi connectivity index (χ0n) is 10.1. The van der Waals surface area contributed by atoms with E-state index in [4.69, 9.17) is 9.72 Å². The van der Waals surface area contributed by atoms with Crippen LogP contribution in [0.15, 0.2) is 0 Å². The molecule has 0 spiro atoms. The van der Waals surface area contributed by atoms with Crippen molar-refractivity contribution >= 4 is 0 Å². The summed E-state index contributed by atoms with van der Waals surface area (Å²) in [6, 6.07) is 1.05. The van der Waals surface area contributed by atoms with Crippen LogP contribution in [-0.2, 0) is 6.42 Å². The Morgan fingerprint density at radius 2 is 2.06 bits per heavy atom. The number of rotatable bonds is 2. The molecule has 0 aromatic carbocycles. The van der Waals surface area contributed by atoms with E-state index in [1.165, 1.54) is 36.9 Å². The Kier molecular flexibility index (Phi) is 1.98. The van der Waals surface area contributed by atoms with E-state index in [1.807, 2.05) is 0 Å². The second-order valence-electron chi connectivity index (χ2n) is 5.42. The van der Waals surface area contributed by atoms with Gasteiger partial charge in [0.2, 0.25) is 5.88 Å². The normalized spacial score (nSPS) is 30.2. The van der Waals surface area contributed by atoms with Gasteiger partial charge in [-0.05, 0) is 25.7 Å². The molecule has 3 aliphatic rings. The lowest BCUT2D eigenvalue weighted by atomic mass is 10.0. The van der Waals surface area contributed by atoms with Crippen molar-refractivity contribution in [3.05, 3.63) is 17.1 Å². The van der Waals surface area contributed by atoms with Gasteiger partial charge in [-0.2, -0.15) is 4.98 Å². The lowest BCUT2D eigenvalue weighted by Crippen LogP contribution is -2.33. The summed E-state index contributed by atoms with van der Waals surface area (Å²) < 4.78 is 5.49. The maximum Gasteiger partial charge on any atom is 0.221 e. The fourth-order valence-electron chi connectivity index (χ4n) is 3.14. The Morgan fingerprint density at radius 1 is 1.18 bits per heavy atom. The average molecular weight is 231 g/mol. The fraction of sp³-hybridized carbons (Fsp3) is 0.692. The minimum absolute atomic E-state index is 0.423. The molecular weight excluding hydrogens is 214 g/mol. The van der Waals surface area contributed by atoms with E-state index in [1.54, 1.807) is 7.11 Å². The van der Waals surface area contributed by atoms with E-state index >= 15 is 0 Å². The van der Waals surface area contributed by atoms with Crippen LogP contribution in [0.4, 0.5) is 0 Å². The van der Waals surface area contributed by atoms with Gasteiger partial charge < -0.3 is 10.1 Å². The lowest BCUT2D eigenvalue weighted by Gasteiger charge is -2.25. The minimum Gasteiger partial charge on any atom is -0.481 e. The highest BCUT2D eigenvalue weighted by atomic mass is 16.5. The maximum atomic E-state index is 5.49. The van der Waals surface area contributed by atoms with Gasteiger partial charge in [-0.1, -0.05) is 0 Å². The first kappa shape index (κ1) is 9.83. The maximum absolute atomic E-state index is 5.49. The number of fused-ring (bicyclic) bond motifs is 4. The Labute approximate surface area is 101 Å². The monoisotopic (exact) mass is 231 g/mol. The van der Waals surface area contributed by atoms with Gasteiger partial charge in [-0.15, -0.1) is 0 Å². The highest BCUT2D eigenvalue weighted by Gasteiger charge is 2.37. The quantitative estimate of drug-likeness (QED) is 0.841. The molecule has 4 nitrogen and oxygen atoms in total. The second-order valence-corrected chi connectivity index (χ2v) is 5.42. The van der Waals surface area contributed by atoms with Crippen molar-refractivity contribution in [3.8, 4) is 5.88 Å². The van der Waals surface area contributed by atoms with Gasteiger partial charge in [-0.3, -0.25) is 0 Å². The zero-order valence-corrected chi connectivity index (χ0v) is 10.1. The summed E-state index contributed by atoms with van der Waals surface area (Å²) >= 11 is 0. The Bertz CT molecular complexity index is 470. The largest absolute Gasteiger partial charge is 0.481 e. The highest BCUT2D eigenvalue weighted by Crippen LogP contribution is 2.43. The van der Waals surface area contributed by atoms with Crippen LogP contribution in [0.25, 0.3) is 0 Å². The van der Waals surface area contributed by atoms with Crippen LogP contribution in [0, 0.1) is 0 Å². The van der Waals surface area contributed by atoms with E-state index < -0.39 is 0 Å². The molecule has 4 heteroatoms. The number of nitrogens with zero attached hydrogens (tertiary/aromatic N) is 2. The van der Waals surface area contributed by atoms with Crippen molar-refractivity contribution in [2.75, 3.05) is 7.11 Å². The molecule has 17 heavy (non-hydrogen) atoms. The van der Waals surface area contributed by atoms with Crippen LogP contribution < -0.4 is 10.1 Å². The first-order valence-corrected chi connectivity index (χ1v) is 6.56. The Morgan fingerprint density at radius 3 is 2.82 bits per heavy atom. The SMILES string of the molecule is COc1nc(C2CC2)nc2c1C1CCC(C2)N1. The molecule has 2 fully saturated rings. The van der Waals surface area contributed by atoms with E-state index in [0.29, 0.717) is 18.0 Å². The van der Waals surface area contributed by atoms with Crippen LogP contribution in [0.1, 0.15) is 54.7 Å². The predicted molar refractivity (Wildman–Crippen MR) is 63.2 cm³/mol. The average Bonchev–Trinajstić information content (AvgIpc) is 3.13. The first-order chi connectivity index (χ1) is 8.35. The molecule has 0 amide bonds. The van der Waals surface area contributed by atoms with E-state index in [0.717, 1.165) is 18.1 Å². The number of ether oxygens (including phenoxy) is 1. The molecule has 2 unspecified atom stereocenters. The molecule has 0 radical (unpaired) electrons. The van der Waals surface area contributed by atoms with Crippen LogP contribution >= 0.6 is 0 Å². The summed E-state index contributed by atoms with van der Waals surface area (Å²) in [6.07, 6.45) is 5.98. The summed E-state index contributed by atoms with van der Waals surface area (Å²) in [4.78, 5) is 9.40. The smallest absolute Gasteiger partial charge is 0.221 e. The lowest BCUT2D eigenvalue weighted by molar-refractivity contribution is 0.373.